The zero-order chi connectivity index (χ0) is 15.7. The maximum Gasteiger partial charge on any atom is 0.184 e. The Hall–Kier alpha value is -0.550. The molecule has 0 saturated carbocycles. The van der Waals surface area contributed by atoms with Crippen molar-refractivity contribution in [2.45, 2.75) is 58.5 Å². The van der Waals surface area contributed by atoms with Gasteiger partial charge in [-0.05, 0) is 45.7 Å². The van der Waals surface area contributed by atoms with Crippen LogP contribution in [-0.4, -0.2) is 48.0 Å². The molecule has 1 fully saturated rings. The molecule has 0 aromatic carbocycles. The predicted molar refractivity (Wildman–Crippen MR) is 93.2 cm³/mol. The third-order valence-corrected chi connectivity index (χ3v) is 4.38. The summed E-state index contributed by atoms with van der Waals surface area (Å²) in [6.45, 7) is 7.06. The summed E-state index contributed by atoms with van der Waals surface area (Å²) in [7, 11) is 0. The van der Waals surface area contributed by atoms with E-state index in [0.717, 1.165) is 32.5 Å². The Kier molecular flexibility index (Phi) is 9.00. The molecule has 4 nitrogen and oxygen atoms in total. The lowest BCUT2D eigenvalue weighted by Gasteiger charge is -2.31. The first-order valence-electron chi connectivity index (χ1n) is 8.19. The minimum atomic E-state index is -0.00988. The molecular formula is C16H31N3OS. The molecule has 2 N–H and O–H groups in total. The molecule has 1 saturated heterocycles. The molecular weight excluding hydrogens is 282 g/mol. The third-order valence-electron chi connectivity index (χ3n) is 3.97. The van der Waals surface area contributed by atoms with Gasteiger partial charge in [0, 0.05) is 23.9 Å². The molecule has 0 radical (unpaired) electrons. The number of ether oxygens (including phenoxy) is 1. The van der Waals surface area contributed by atoms with Crippen molar-refractivity contribution in [3.05, 3.63) is 0 Å². The second kappa shape index (κ2) is 10.2. The summed E-state index contributed by atoms with van der Waals surface area (Å²) in [5.41, 5.74) is 0.625. The van der Waals surface area contributed by atoms with Crippen LogP contribution >= 0.6 is 12.6 Å². The average Bonchev–Trinajstić information content (AvgIpc) is 2.46. The van der Waals surface area contributed by atoms with Crippen LogP contribution in [0.4, 0.5) is 0 Å². The Morgan fingerprint density at radius 2 is 1.90 bits per heavy atom. The summed E-state index contributed by atoms with van der Waals surface area (Å²) >= 11 is 4.39. The van der Waals surface area contributed by atoms with Crippen LogP contribution in [0.3, 0.4) is 0 Å². The number of hydrogen-bond donors (Lipinski definition) is 3. The molecule has 0 bridgehead atoms. The predicted octanol–water partition coefficient (Wildman–Crippen LogP) is 3.61. The highest BCUT2D eigenvalue weighted by Crippen LogP contribution is 2.17. The van der Waals surface area contributed by atoms with Crippen LogP contribution < -0.4 is 0 Å². The molecule has 0 spiro atoms. The number of piperidine rings is 1. The van der Waals surface area contributed by atoms with Gasteiger partial charge in [0.05, 0.1) is 0 Å². The van der Waals surface area contributed by atoms with Crippen molar-refractivity contribution < 1.29 is 4.74 Å². The fourth-order valence-electron chi connectivity index (χ4n) is 2.88. The van der Waals surface area contributed by atoms with Crippen molar-refractivity contribution in [3.8, 4) is 0 Å². The largest absolute Gasteiger partial charge is 0.475 e. The fourth-order valence-corrected chi connectivity index (χ4v) is 3.07. The number of nitrogens with one attached hydrogen (secondary N) is 2. The topological polar surface area (TPSA) is 60.2 Å². The standard InChI is InChI=1S/C16H31N3OS/c1-3-7-14(10-13(2)17)16(18)20-15(12-21)11-19-8-5-4-6-9-19/h14-15,17-18,21H,3-12H2,1-2H3. The van der Waals surface area contributed by atoms with Crippen molar-refractivity contribution in [2.75, 3.05) is 25.4 Å². The summed E-state index contributed by atoms with van der Waals surface area (Å²) in [5.74, 6) is 1.04. The first-order chi connectivity index (χ1) is 10.1. The van der Waals surface area contributed by atoms with E-state index in [1.165, 1.54) is 19.3 Å². The molecule has 0 aliphatic carbocycles. The fraction of sp³-hybridized carbons (Fsp3) is 0.875. The Balaban J connectivity index is 2.48. The van der Waals surface area contributed by atoms with E-state index in [0.29, 0.717) is 23.8 Å². The van der Waals surface area contributed by atoms with E-state index < -0.39 is 0 Å². The number of nitrogens with zero attached hydrogens (tertiary/aromatic N) is 1. The summed E-state index contributed by atoms with van der Waals surface area (Å²) in [5, 5.41) is 15.9. The Bertz CT molecular complexity index is 329. The molecule has 0 aromatic rings. The van der Waals surface area contributed by atoms with Gasteiger partial charge in [-0.1, -0.05) is 19.8 Å². The summed E-state index contributed by atoms with van der Waals surface area (Å²) in [4.78, 5) is 2.42. The highest BCUT2D eigenvalue weighted by molar-refractivity contribution is 7.80. The van der Waals surface area contributed by atoms with Crippen molar-refractivity contribution in [1.29, 1.82) is 10.8 Å². The van der Waals surface area contributed by atoms with Gasteiger partial charge in [-0.3, -0.25) is 10.3 Å². The Labute approximate surface area is 135 Å². The monoisotopic (exact) mass is 313 g/mol. The first kappa shape index (κ1) is 18.5. The zero-order valence-electron chi connectivity index (χ0n) is 13.5. The van der Waals surface area contributed by atoms with Crippen molar-refractivity contribution in [1.82, 2.24) is 4.90 Å². The SMILES string of the molecule is CCCC(CC(C)=N)C(=N)OC(CS)CN1CCCCC1. The quantitative estimate of drug-likeness (QED) is 0.346. The zero-order valence-corrected chi connectivity index (χ0v) is 14.4. The van der Waals surface area contributed by atoms with Gasteiger partial charge in [0.25, 0.3) is 0 Å². The summed E-state index contributed by atoms with van der Waals surface area (Å²) in [6, 6.07) is 0. The van der Waals surface area contributed by atoms with Crippen molar-refractivity contribution in [2.24, 2.45) is 5.92 Å². The van der Waals surface area contributed by atoms with Crippen molar-refractivity contribution in [3.63, 3.8) is 0 Å². The number of rotatable bonds is 9. The van der Waals surface area contributed by atoms with Crippen LogP contribution in [0.5, 0.6) is 0 Å². The van der Waals surface area contributed by atoms with Gasteiger partial charge in [-0.2, -0.15) is 12.6 Å². The van der Waals surface area contributed by atoms with Crippen molar-refractivity contribution >= 4 is 24.2 Å². The van der Waals surface area contributed by atoms with Gasteiger partial charge >= 0.3 is 0 Å². The van der Waals surface area contributed by atoms with Crippen LogP contribution in [-0.2, 0) is 4.74 Å². The number of hydrogen-bond acceptors (Lipinski definition) is 5. The molecule has 122 valence electrons. The number of likely N-dealkylation sites (tertiary alicyclic amines) is 1. The normalized spacial score (nSPS) is 19.0. The maximum absolute atomic E-state index is 8.22. The lowest BCUT2D eigenvalue weighted by Crippen LogP contribution is -2.40. The minimum Gasteiger partial charge on any atom is -0.475 e. The highest BCUT2D eigenvalue weighted by atomic mass is 32.1. The number of thiol groups is 1. The van der Waals surface area contributed by atoms with Gasteiger partial charge < -0.3 is 10.1 Å². The van der Waals surface area contributed by atoms with E-state index in [1.807, 2.05) is 0 Å². The third kappa shape index (κ3) is 7.32. The lowest BCUT2D eigenvalue weighted by molar-refractivity contribution is 0.117. The Morgan fingerprint density at radius 3 is 2.43 bits per heavy atom. The van der Waals surface area contributed by atoms with E-state index in [9.17, 15) is 0 Å². The van der Waals surface area contributed by atoms with E-state index in [1.54, 1.807) is 6.92 Å². The minimum absolute atomic E-state index is 0.00988. The molecule has 0 amide bonds. The van der Waals surface area contributed by atoms with Gasteiger partial charge in [0.1, 0.15) is 6.10 Å². The van der Waals surface area contributed by atoms with Gasteiger partial charge in [-0.25, -0.2) is 0 Å². The van der Waals surface area contributed by atoms with Crippen LogP contribution in [0.2, 0.25) is 0 Å². The molecule has 5 heteroatoms. The van der Waals surface area contributed by atoms with Crippen LogP contribution in [0, 0.1) is 16.7 Å². The molecule has 1 aliphatic rings. The van der Waals surface area contributed by atoms with Crippen LogP contribution in [0.25, 0.3) is 0 Å². The second-order valence-electron chi connectivity index (χ2n) is 6.12. The highest BCUT2D eigenvalue weighted by Gasteiger charge is 2.22. The summed E-state index contributed by atoms with van der Waals surface area (Å²) in [6.07, 6.45) is 6.42. The molecule has 1 rings (SSSR count). The molecule has 0 aromatic heterocycles. The van der Waals surface area contributed by atoms with Gasteiger partial charge in [0.15, 0.2) is 5.90 Å². The second-order valence-corrected chi connectivity index (χ2v) is 6.48. The van der Waals surface area contributed by atoms with Gasteiger partial charge in [-0.15, -0.1) is 0 Å². The molecule has 21 heavy (non-hydrogen) atoms. The van der Waals surface area contributed by atoms with Gasteiger partial charge in [0.2, 0.25) is 0 Å². The summed E-state index contributed by atoms with van der Waals surface area (Å²) < 4.78 is 5.89. The van der Waals surface area contributed by atoms with E-state index >= 15 is 0 Å². The lowest BCUT2D eigenvalue weighted by atomic mass is 9.97. The molecule has 2 atom stereocenters. The Morgan fingerprint density at radius 1 is 1.24 bits per heavy atom. The van der Waals surface area contributed by atoms with Crippen LogP contribution in [0.15, 0.2) is 0 Å². The van der Waals surface area contributed by atoms with E-state index in [-0.39, 0.29) is 12.0 Å². The molecule has 2 unspecified atom stereocenters. The maximum atomic E-state index is 8.22. The molecule has 1 aliphatic heterocycles. The molecule has 1 heterocycles. The first-order valence-corrected chi connectivity index (χ1v) is 8.82. The smallest absolute Gasteiger partial charge is 0.184 e. The van der Waals surface area contributed by atoms with E-state index in [4.69, 9.17) is 15.6 Å². The van der Waals surface area contributed by atoms with E-state index in [2.05, 4.69) is 24.5 Å². The average molecular weight is 314 g/mol. The van der Waals surface area contributed by atoms with Crippen LogP contribution in [0.1, 0.15) is 52.4 Å².